The Labute approximate surface area is 112 Å². The third kappa shape index (κ3) is 3.45. The molecule has 15 heavy (non-hydrogen) atoms. The molecule has 0 fully saturated rings. The molecule has 0 N–H and O–H groups in total. The van der Waals surface area contributed by atoms with E-state index in [2.05, 4.69) is 38.5 Å². The highest BCUT2D eigenvalue weighted by atomic mass is 127. The van der Waals surface area contributed by atoms with Crippen molar-refractivity contribution in [1.82, 2.24) is 0 Å². The highest BCUT2D eigenvalue weighted by molar-refractivity contribution is 14.1. The van der Waals surface area contributed by atoms with Gasteiger partial charge < -0.3 is 4.74 Å². The van der Waals surface area contributed by atoms with E-state index in [-0.39, 0.29) is 10.6 Å². The molecular formula is C11H12BrIO2. The smallest absolute Gasteiger partial charge is 0.176 e. The van der Waals surface area contributed by atoms with Crippen LogP contribution >= 0.6 is 38.5 Å². The standard InChI is InChI=1S/C11H12BrIO2/c1-3-15-10-5-4-8(6-9(10)13)11(14)7(2)12/h4-7H,3H2,1-2H3. The molecule has 82 valence electrons. The number of halogens is 2. The van der Waals surface area contributed by atoms with E-state index in [1.165, 1.54) is 0 Å². The monoisotopic (exact) mass is 382 g/mol. The molecule has 0 spiro atoms. The van der Waals surface area contributed by atoms with Crippen LogP contribution in [0, 0.1) is 3.57 Å². The second kappa shape index (κ2) is 5.84. The van der Waals surface area contributed by atoms with Gasteiger partial charge in [0.25, 0.3) is 0 Å². The molecule has 0 radical (unpaired) electrons. The van der Waals surface area contributed by atoms with Crippen LogP contribution in [0.4, 0.5) is 0 Å². The molecule has 2 nitrogen and oxygen atoms in total. The molecule has 0 bridgehead atoms. The zero-order chi connectivity index (χ0) is 11.4. The lowest BCUT2D eigenvalue weighted by molar-refractivity contribution is 0.0996. The minimum Gasteiger partial charge on any atom is -0.493 e. The number of hydrogen-bond donors (Lipinski definition) is 0. The SMILES string of the molecule is CCOc1ccc(C(=O)C(C)Br)cc1I. The summed E-state index contributed by atoms with van der Waals surface area (Å²) in [6.45, 7) is 4.40. The topological polar surface area (TPSA) is 26.3 Å². The van der Waals surface area contributed by atoms with Gasteiger partial charge in [0.2, 0.25) is 0 Å². The summed E-state index contributed by atoms with van der Waals surface area (Å²) in [5, 5.41) is 0. The van der Waals surface area contributed by atoms with Gasteiger partial charge >= 0.3 is 0 Å². The highest BCUT2D eigenvalue weighted by Gasteiger charge is 2.13. The van der Waals surface area contributed by atoms with Gasteiger partial charge in [-0.1, -0.05) is 15.9 Å². The van der Waals surface area contributed by atoms with Crippen molar-refractivity contribution in [2.24, 2.45) is 0 Å². The lowest BCUT2D eigenvalue weighted by atomic mass is 10.1. The van der Waals surface area contributed by atoms with Crippen LogP contribution in [-0.2, 0) is 0 Å². The number of carbonyl (C=O) groups is 1. The zero-order valence-corrected chi connectivity index (χ0v) is 12.3. The van der Waals surface area contributed by atoms with Gasteiger partial charge in [-0.15, -0.1) is 0 Å². The summed E-state index contributed by atoms with van der Waals surface area (Å²) in [5.41, 5.74) is 0.715. The van der Waals surface area contributed by atoms with Gasteiger partial charge in [0, 0.05) is 5.56 Å². The minimum absolute atomic E-state index is 0.0935. The maximum Gasteiger partial charge on any atom is 0.176 e. The molecule has 1 aromatic rings. The van der Waals surface area contributed by atoms with Crippen molar-refractivity contribution in [3.05, 3.63) is 27.3 Å². The number of ketones is 1. The second-order valence-corrected chi connectivity index (χ2v) is 5.59. The third-order valence-electron chi connectivity index (χ3n) is 1.88. The third-order valence-corrected chi connectivity index (χ3v) is 3.14. The zero-order valence-electron chi connectivity index (χ0n) is 8.59. The average Bonchev–Trinajstić information content (AvgIpc) is 2.20. The maximum absolute atomic E-state index is 11.7. The summed E-state index contributed by atoms with van der Waals surface area (Å²) in [5.74, 6) is 0.924. The second-order valence-electron chi connectivity index (χ2n) is 3.06. The molecule has 1 aromatic carbocycles. The number of ether oxygens (including phenoxy) is 1. The first-order chi connectivity index (χ1) is 7.06. The molecule has 1 atom stereocenters. The van der Waals surface area contributed by atoms with Crippen LogP contribution in [0.3, 0.4) is 0 Å². The molecule has 1 unspecified atom stereocenters. The molecule has 0 saturated carbocycles. The molecule has 0 amide bonds. The Kier molecular flexibility index (Phi) is 5.05. The quantitative estimate of drug-likeness (QED) is 0.451. The van der Waals surface area contributed by atoms with E-state index in [1.54, 1.807) is 6.07 Å². The van der Waals surface area contributed by atoms with E-state index in [0.29, 0.717) is 12.2 Å². The van der Waals surface area contributed by atoms with Gasteiger partial charge in [0.1, 0.15) is 5.75 Å². The van der Waals surface area contributed by atoms with Gasteiger partial charge in [-0.05, 0) is 54.6 Å². The number of benzene rings is 1. The first-order valence-corrected chi connectivity index (χ1v) is 6.66. The van der Waals surface area contributed by atoms with E-state index >= 15 is 0 Å². The highest BCUT2D eigenvalue weighted by Crippen LogP contribution is 2.23. The van der Waals surface area contributed by atoms with Crippen molar-refractivity contribution >= 4 is 44.3 Å². The Morgan fingerprint density at radius 1 is 1.60 bits per heavy atom. The molecule has 0 aliphatic rings. The summed E-state index contributed by atoms with van der Waals surface area (Å²) in [4.78, 5) is 11.5. The van der Waals surface area contributed by atoms with Gasteiger partial charge in [-0.2, -0.15) is 0 Å². The van der Waals surface area contributed by atoms with Crippen LogP contribution in [0.1, 0.15) is 24.2 Å². The van der Waals surface area contributed by atoms with Crippen LogP contribution in [0.5, 0.6) is 5.75 Å². The summed E-state index contributed by atoms with van der Waals surface area (Å²) >= 11 is 5.44. The largest absolute Gasteiger partial charge is 0.493 e. The number of carbonyl (C=O) groups excluding carboxylic acids is 1. The maximum atomic E-state index is 11.7. The molecular weight excluding hydrogens is 371 g/mol. The van der Waals surface area contributed by atoms with Crippen LogP contribution in [0.15, 0.2) is 18.2 Å². The fourth-order valence-electron chi connectivity index (χ4n) is 1.16. The first-order valence-electron chi connectivity index (χ1n) is 4.67. The van der Waals surface area contributed by atoms with Crippen LogP contribution in [-0.4, -0.2) is 17.2 Å². The lowest BCUT2D eigenvalue weighted by Crippen LogP contribution is -2.10. The molecule has 0 aromatic heterocycles. The normalized spacial score (nSPS) is 12.3. The molecule has 0 heterocycles. The van der Waals surface area contributed by atoms with Crippen LogP contribution in [0.2, 0.25) is 0 Å². The fourth-order valence-corrected chi connectivity index (χ4v) is 2.09. The average molecular weight is 383 g/mol. The molecule has 1 rings (SSSR count). The van der Waals surface area contributed by atoms with E-state index in [9.17, 15) is 4.79 Å². The van der Waals surface area contributed by atoms with Crippen molar-refractivity contribution in [3.63, 3.8) is 0 Å². The van der Waals surface area contributed by atoms with Crippen LogP contribution < -0.4 is 4.74 Å². The van der Waals surface area contributed by atoms with Crippen molar-refractivity contribution < 1.29 is 9.53 Å². The van der Waals surface area contributed by atoms with E-state index in [1.807, 2.05) is 26.0 Å². The number of Topliss-reactive ketones (excluding diaryl/α,β-unsaturated/α-hetero) is 1. The van der Waals surface area contributed by atoms with E-state index < -0.39 is 0 Å². The summed E-state index contributed by atoms with van der Waals surface area (Å²) < 4.78 is 6.37. The summed E-state index contributed by atoms with van der Waals surface area (Å²) in [7, 11) is 0. The van der Waals surface area contributed by atoms with Crippen molar-refractivity contribution in [1.29, 1.82) is 0 Å². The molecule has 4 heteroatoms. The predicted octanol–water partition coefficient (Wildman–Crippen LogP) is 3.66. The Balaban J connectivity index is 2.96. The minimum atomic E-state index is -0.147. The fraction of sp³-hybridized carbons (Fsp3) is 0.364. The number of hydrogen-bond acceptors (Lipinski definition) is 2. The van der Waals surface area contributed by atoms with Gasteiger partial charge in [-0.25, -0.2) is 0 Å². The predicted molar refractivity (Wildman–Crippen MR) is 73.0 cm³/mol. The summed E-state index contributed by atoms with van der Waals surface area (Å²) in [6, 6.07) is 5.49. The molecule has 0 aliphatic heterocycles. The lowest BCUT2D eigenvalue weighted by Gasteiger charge is -2.08. The van der Waals surface area contributed by atoms with E-state index in [4.69, 9.17) is 4.74 Å². The van der Waals surface area contributed by atoms with Crippen molar-refractivity contribution in [3.8, 4) is 5.75 Å². The number of rotatable bonds is 4. The van der Waals surface area contributed by atoms with Crippen molar-refractivity contribution in [2.45, 2.75) is 18.7 Å². The van der Waals surface area contributed by atoms with E-state index in [0.717, 1.165) is 9.32 Å². The Bertz CT molecular complexity index is 364. The molecule has 0 aliphatic carbocycles. The summed E-state index contributed by atoms with van der Waals surface area (Å²) in [6.07, 6.45) is 0. The van der Waals surface area contributed by atoms with Crippen molar-refractivity contribution in [2.75, 3.05) is 6.61 Å². The molecule has 0 saturated heterocycles. The Morgan fingerprint density at radius 2 is 2.27 bits per heavy atom. The van der Waals surface area contributed by atoms with Gasteiger partial charge in [0.15, 0.2) is 5.78 Å². The van der Waals surface area contributed by atoms with Gasteiger partial charge in [-0.3, -0.25) is 4.79 Å². The van der Waals surface area contributed by atoms with Crippen LogP contribution in [0.25, 0.3) is 0 Å². The Hall–Kier alpha value is -0.100. The number of alkyl halides is 1. The van der Waals surface area contributed by atoms with Gasteiger partial charge in [0.05, 0.1) is 15.0 Å². The first kappa shape index (κ1) is 13.0. The Morgan fingerprint density at radius 3 is 2.73 bits per heavy atom.